The van der Waals surface area contributed by atoms with Gasteiger partial charge in [0.2, 0.25) is 0 Å². The van der Waals surface area contributed by atoms with Crippen LogP contribution in [0.2, 0.25) is 0 Å². The van der Waals surface area contributed by atoms with Crippen molar-refractivity contribution in [3.05, 3.63) is 69.4 Å². The highest BCUT2D eigenvalue weighted by atomic mass is 79.9. The summed E-state index contributed by atoms with van der Waals surface area (Å²) < 4.78 is 14.5. The Balaban J connectivity index is 2.47. The fraction of sp³-hybridized carbons (Fsp3) is 0.200. The predicted molar refractivity (Wildman–Crippen MR) is 74.0 cm³/mol. The molecule has 18 heavy (non-hydrogen) atoms. The van der Waals surface area contributed by atoms with Crippen LogP contribution in [-0.2, 0) is 6.42 Å². The van der Waals surface area contributed by atoms with E-state index in [-0.39, 0.29) is 0 Å². The molecule has 0 saturated heterocycles. The second-order valence-corrected chi connectivity index (χ2v) is 5.04. The molecule has 0 radical (unpaired) electrons. The van der Waals surface area contributed by atoms with Gasteiger partial charge >= 0.3 is 0 Å². The Kier molecular flexibility index (Phi) is 4.15. The number of rotatable bonds is 3. The van der Waals surface area contributed by atoms with E-state index in [1.807, 2.05) is 31.2 Å². The molecule has 94 valence electrons. The minimum Gasteiger partial charge on any atom is -0.384 e. The average molecular weight is 309 g/mol. The van der Waals surface area contributed by atoms with Gasteiger partial charge < -0.3 is 5.11 Å². The number of aryl methyl sites for hydroxylation is 1. The van der Waals surface area contributed by atoms with Crippen molar-refractivity contribution in [2.24, 2.45) is 0 Å². The minimum atomic E-state index is -0.932. The van der Waals surface area contributed by atoms with E-state index in [1.165, 1.54) is 6.07 Å². The minimum absolute atomic E-state index is 0.297. The molecule has 2 aromatic rings. The van der Waals surface area contributed by atoms with Gasteiger partial charge in [-0.15, -0.1) is 0 Å². The molecule has 1 atom stereocenters. The molecule has 2 rings (SSSR count). The Morgan fingerprint density at radius 3 is 2.61 bits per heavy atom. The average Bonchev–Trinajstić information content (AvgIpc) is 2.40. The first-order valence-corrected chi connectivity index (χ1v) is 6.63. The summed E-state index contributed by atoms with van der Waals surface area (Å²) in [5, 5.41) is 10.3. The predicted octanol–water partition coefficient (Wildman–Crippen LogP) is 4.23. The summed E-state index contributed by atoms with van der Waals surface area (Å²) in [6.07, 6.45) is -0.123. The Morgan fingerprint density at radius 2 is 1.89 bits per heavy atom. The van der Waals surface area contributed by atoms with Crippen molar-refractivity contribution >= 4 is 15.9 Å². The third-order valence-electron chi connectivity index (χ3n) is 2.98. The van der Waals surface area contributed by atoms with E-state index in [0.29, 0.717) is 5.56 Å². The second-order valence-electron chi connectivity index (χ2n) is 4.12. The van der Waals surface area contributed by atoms with E-state index in [0.717, 1.165) is 22.0 Å². The lowest BCUT2D eigenvalue weighted by Crippen LogP contribution is -2.05. The van der Waals surface area contributed by atoms with Crippen LogP contribution in [0.1, 0.15) is 29.7 Å². The summed E-state index contributed by atoms with van der Waals surface area (Å²) >= 11 is 3.29. The first kappa shape index (κ1) is 13.2. The molecule has 0 saturated carbocycles. The fourth-order valence-corrected chi connectivity index (χ4v) is 2.39. The van der Waals surface area contributed by atoms with Gasteiger partial charge in [0.05, 0.1) is 0 Å². The number of hydrogen-bond acceptors (Lipinski definition) is 1. The number of halogens is 2. The second kappa shape index (κ2) is 5.63. The highest BCUT2D eigenvalue weighted by molar-refractivity contribution is 9.10. The van der Waals surface area contributed by atoms with E-state index in [1.54, 1.807) is 12.1 Å². The van der Waals surface area contributed by atoms with Crippen molar-refractivity contribution in [2.75, 3.05) is 0 Å². The Bertz CT molecular complexity index is 554. The summed E-state index contributed by atoms with van der Waals surface area (Å²) in [6, 6.07) is 12.2. The molecule has 0 bridgehead atoms. The van der Waals surface area contributed by atoms with Crippen molar-refractivity contribution in [1.29, 1.82) is 0 Å². The molecular weight excluding hydrogens is 295 g/mol. The van der Waals surface area contributed by atoms with Gasteiger partial charge in [-0.05, 0) is 35.7 Å². The van der Waals surface area contributed by atoms with Crippen LogP contribution in [-0.4, -0.2) is 5.11 Å². The molecule has 0 fully saturated rings. The maximum Gasteiger partial charge on any atom is 0.129 e. The molecule has 0 heterocycles. The number of aliphatic hydroxyl groups is 1. The van der Waals surface area contributed by atoms with Crippen molar-refractivity contribution < 1.29 is 9.50 Å². The van der Waals surface area contributed by atoms with Crippen molar-refractivity contribution in [1.82, 2.24) is 0 Å². The van der Waals surface area contributed by atoms with Gasteiger partial charge in [-0.3, -0.25) is 0 Å². The molecule has 0 spiro atoms. The Morgan fingerprint density at radius 1 is 1.17 bits per heavy atom. The first-order valence-electron chi connectivity index (χ1n) is 5.84. The number of aliphatic hydroxyl groups excluding tert-OH is 1. The van der Waals surface area contributed by atoms with Crippen LogP contribution in [0.3, 0.4) is 0 Å². The number of hydrogen-bond donors (Lipinski definition) is 1. The molecule has 0 amide bonds. The van der Waals surface area contributed by atoms with E-state index in [4.69, 9.17) is 0 Å². The van der Waals surface area contributed by atoms with E-state index >= 15 is 0 Å². The van der Waals surface area contributed by atoms with Crippen molar-refractivity contribution in [3.63, 3.8) is 0 Å². The van der Waals surface area contributed by atoms with Gasteiger partial charge in [-0.25, -0.2) is 4.39 Å². The number of benzene rings is 2. The smallest absolute Gasteiger partial charge is 0.129 e. The van der Waals surface area contributed by atoms with E-state index < -0.39 is 11.9 Å². The quantitative estimate of drug-likeness (QED) is 0.899. The summed E-state index contributed by atoms with van der Waals surface area (Å²) in [7, 11) is 0. The highest BCUT2D eigenvalue weighted by Gasteiger charge is 2.17. The molecule has 1 nitrogen and oxygen atoms in total. The van der Waals surface area contributed by atoms with Crippen molar-refractivity contribution in [3.8, 4) is 0 Å². The fourth-order valence-electron chi connectivity index (χ4n) is 2.01. The van der Waals surface area contributed by atoms with Gasteiger partial charge in [0.25, 0.3) is 0 Å². The zero-order valence-corrected chi connectivity index (χ0v) is 11.6. The maximum atomic E-state index is 13.8. The Hall–Kier alpha value is -1.19. The van der Waals surface area contributed by atoms with E-state index in [9.17, 15) is 9.50 Å². The normalized spacial score (nSPS) is 12.4. The van der Waals surface area contributed by atoms with Gasteiger partial charge in [0.15, 0.2) is 0 Å². The largest absolute Gasteiger partial charge is 0.384 e. The van der Waals surface area contributed by atoms with Crippen LogP contribution in [0.15, 0.2) is 46.9 Å². The Labute approximate surface area is 114 Å². The molecule has 1 N–H and O–H groups in total. The van der Waals surface area contributed by atoms with Crippen molar-refractivity contribution in [2.45, 2.75) is 19.4 Å². The molecule has 3 heteroatoms. The highest BCUT2D eigenvalue weighted by Crippen LogP contribution is 2.29. The first-order chi connectivity index (χ1) is 8.63. The lowest BCUT2D eigenvalue weighted by molar-refractivity contribution is 0.214. The molecule has 1 unspecified atom stereocenters. The monoisotopic (exact) mass is 308 g/mol. The zero-order valence-electron chi connectivity index (χ0n) is 10.0. The lowest BCUT2D eigenvalue weighted by atomic mass is 9.95. The van der Waals surface area contributed by atoms with E-state index in [2.05, 4.69) is 15.9 Å². The summed E-state index contributed by atoms with van der Waals surface area (Å²) in [5.74, 6) is -0.392. The van der Waals surface area contributed by atoms with Crippen LogP contribution in [0.5, 0.6) is 0 Å². The molecule has 2 aromatic carbocycles. The van der Waals surface area contributed by atoms with Crippen LogP contribution in [0.4, 0.5) is 4.39 Å². The molecule has 0 aliphatic carbocycles. The van der Waals surface area contributed by atoms with Crippen LogP contribution in [0, 0.1) is 5.82 Å². The molecular formula is C15H14BrFO. The maximum absolute atomic E-state index is 13.8. The summed E-state index contributed by atoms with van der Waals surface area (Å²) in [6.45, 7) is 2.02. The van der Waals surface area contributed by atoms with Gasteiger partial charge in [-0.1, -0.05) is 47.1 Å². The van der Waals surface area contributed by atoms with Crippen LogP contribution >= 0.6 is 15.9 Å². The third kappa shape index (κ3) is 2.62. The SMILES string of the molecule is CCc1ccccc1C(O)c1cc(Br)ccc1F. The van der Waals surface area contributed by atoms with Gasteiger partial charge in [-0.2, -0.15) is 0 Å². The molecule has 0 aliphatic heterocycles. The standard InChI is InChI=1S/C15H14BrFO/c1-2-10-5-3-4-6-12(10)15(18)13-9-11(16)7-8-14(13)17/h3-9,15,18H,2H2,1H3. The lowest BCUT2D eigenvalue weighted by Gasteiger charge is -2.16. The summed E-state index contributed by atoms with van der Waals surface area (Å²) in [4.78, 5) is 0. The zero-order chi connectivity index (χ0) is 13.1. The van der Waals surface area contributed by atoms with Gasteiger partial charge in [0.1, 0.15) is 11.9 Å². The topological polar surface area (TPSA) is 20.2 Å². The van der Waals surface area contributed by atoms with Crippen LogP contribution in [0.25, 0.3) is 0 Å². The molecule has 0 aromatic heterocycles. The third-order valence-corrected chi connectivity index (χ3v) is 3.48. The molecule has 0 aliphatic rings. The van der Waals surface area contributed by atoms with Gasteiger partial charge in [0, 0.05) is 10.0 Å². The van der Waals surface area contributed by atoms with Crippen LogP contribution < -0.4 is 0 Å². The summed E-state index contributed by atoms with van der Waals surface area (Å²) in [5.41, 5.74) is 2.09.